The van der Waals surface area contributed by atoms with E-state index in [2.05, 4.69) is 24.3 Å². The topological polar surface area (TPSA) is 36.9 Å². The Hall–Kier alpha value is -1.72. The smallest absolute Gasteiger partial charge is 0.115 e. The van der Waals surface area contributed by atoms with Crippen molar-refractivity contribution >= 4 is 0 Å². The highest BCUT2D eigenvalue weighted by Gasteiger charge is 2.48. The lowest BCUT2D eigenvalue weighted by Gasteiger charge is -2.34. The van der Waals surface area contributed by atoms with E-state index in [0.29, 0.717) is 26.4 Å². The third-order valence-corrected chi connectivity index (χ3v) is 4.58. The summed E-state index contributed by atoms with van der Waals surface area (Å²) >= 11 is 0. The Kier molecular flexibility index (Phi) is 4.90. The summed E-state index contributed by atoms with van der Waals surface area (Å²) in [5.41, 5.74) is 2.31. The molecule has 4 nitrogen and oxygen atoms in total. The van der Waals surface area contributed by atoms with E-state index in [1.807, 2.05) is 36.4 Å². The first-order chi connectivity index (χ1) is 11.9. The predicted octanol–water partition coefficient (Wildman–Crippen LogP) is 2.95. The van der Waals surface area contributed by atoms with E-state index < -0.39 is 0 Å². The Bertz CT molecular complexity index is 631. The van der Waals surface area contributed by atoms with Gasteiger partial charge in [-0.25, -0.2) is 0 Å². The van der Waals surface area contributed by atoms with Crippen molar-refractivity contribution in [2.24, 2.45) is 0 Å². The van der Waals surface area contributed by atoms with Gasteiger partial charge in [-0.05, 0) is 11.1 Å². The number of hydrogen-bond acceptors (Lipinski definition) is 4. The molecule has 24 heavy (non-hydrogen) atoms. The maximum atomic E-state index is 6.11. The van der Waals surface area contributed by atoms with E-state index >= 15 is 0 Å². The van der Waals surface area contributed by atoms with Crippen molar-refractivity contribution in [2.45, 2.75) is 37.6 Å². The molecule has 2 aliphatic rings. The third kappa shape index (κ3) is 3.52. The van der Waals surface area contributed by atoms with Gasteiger partial charge in [-0.2, -0.15) is 0 Å². The SMILES string of the molecule is c1ccc(CO[C@H]2[C@@H]3OC[C@H]2OC[C@H]3OCc2ccccc2)cc1. The minimum absolute atomic E-state index is 0.00953. The fourth-order valence-electron chi connectivity index (χ4n) is 3.27. The molecule has 2 aromatic carbocycles. The molecule has 0 radical (unpaired) electrons. The number of ether oxygens (including phenoxy) is 4. The molecule has 2 aliphatic heterocycles. The summed E-state index contributed by atoms with van der Waals surface area (Å²) in [5.74, 6) is 0. The van der Waals surface area contributed by atoms with E-state index in [9.17, 15) is 0 Å². The number of rotatable bonds is 6. The van der Waals surface area contributed by atoms with E-state index in [0.717, 1.165) is 11.1 Å². The van der Waals surface area contributed by atoms with Crippen molar-refractivity contribution in [3.8, 4) is 0 Å². The largest absolute Gasteiger partial charge is 0.370 e. The van der Waals surface area contributed by atoms with Crippen molar-refractivity contribution in [2.75, 3.05) is 13.2 Å². The number of fused-ring (bicyclic) bond motifs is 2. The Morgan fingerprint density at radius 1 is 0.750 bits per heavy atom. The van der Waals surface area contributed by atoms with Gasteiger partial charge in [-0.3, -0.25) is 0 Å². The van der Waals surface area contributed by atoms with Gasteiger partial charge >= 0.3 is 0 Å². The monoisotopic (exact) mass is 326 g/mol. The Balaban J connectivity index is 1.35. The average molecular weight is 326 g/mol. The molecule has 2 saturated heterocycles. The zero-order valence-electron chi connectivity index (χ0n) is 13.5. The van der Waals surface area contributed by atoms with Gasteiger partial charge < -0.3 is 18.9 Å². The molecule has 4 rings (SSSR count). The standard InChI is InChI=1S/C20H22O4/c1-3-7-15(8-4-1)11-21-17-13-22-18-14-24-20(17)19(18)23-12-16-9-5-2-6-10-16/h1-10,17-20H,11-14H2/t17-,18-,19-,20-/m1/s1. The van der Waals surface area contributed by atoms with E-state index in [1.54, 1.807) is 0 Å². The molecule has 2 fully saturated rings. The number of hydrogen-bond donors (Lipinski definition) is 0. The summed E-state index contributed by atoms with van der Waals surface area (Å²) in [5, 5.41) is 0. The summed E-state index contributed by atoms with van der Waals surface area (Å²) < 4.78 is 24.0. The van der Waals surface area contributed by atoms with Gasteiger partial charge in [-0.1, -0.05) is 60.7 Å². The summed E-state index contributed by atoms with van der Waals surface area (Å²) in [6.45, 7) is 2.27. The third-order valence-electron chi connectivity index (χ3n) is 4.58. The molecule has 2 bridgehead atoms. The summed E-state index contributed by atoms with van der Waals surface area (Å²) in [6, 6.07) is 20.3. The van der Waals surface area contributed by atoms with Gasteiger partial charge in [0, 0.05) is 0 Å². The Morgan fingerprint density at radius 3 is 2.04 bits per heavy atom. The molecule has 2 heterocycles. The molecular formula is C20H22O4. The average Bonchev–Trinajstić information content (AvgIpc) is 2.93. The van der Waals surface area contributed by atoms with E-state index in [1.165, 1.54) is 0 Å². The van der Waals surface area contributed by atoms with Crippen molar-refractivity contribution < 1.29 is 18.9 Å². The van der Waals surface area contributed by atoms with Crippen molar-refractivity contribution in [1.82, 2.24) is 0 Å². The molecule has 2 aromatic rings. The molecule has 0 saturated carbocycles. The van der Waals surface area contributed by atoms with E-state index in [-0.39, 0.29) is 24.4 Å². The van der Waals surface area contributed by atoms with Crippen LogP contribution in [0.2, 0.25) is 0 Å². The van der Waals surface area contributed by atoms with Crippen molar-refractivity contribution in [3.05, 3.63) is 71.8 Å². The van der Waals surface area contributed by atoms with Crippen LogP contribution in [0.15, 0.2) is 60.7 Å². The molecule has 4 atom stereocenters. The molecule has 0 aromatic heterocycles. The van der Waals surface area contributed by atoms with Crippen molar-refractivity contribution in [1.29, 1.82) is 0 Å². The highest BCUT2D eigenvalue weighted by atomic mass is 16.6. The quantitative estimate of drug-likeness (QED) is 0.818. The van der Waals surface area contributed by atoms with Gasteiger partial charge in [0.25, 0.3) is 0 Å². The minimum Gasteiger partial charge on any atom is -0.370 e. The van der Waals surface area contributed by atoms with Gasteiger partial charge in [0.1, 0.15) is 24.4 Å². The predicted molar refractivity (Wildman–Crippen MR) is 89.5 cm³/mol. The van der Waals surface area contributed by atoms with Gasteiger partial charge in [0.15, 0.2) is 0 Å². The highest BCUT2D eigenvalue weighted by molar-refractivity contribution is 5.14. The highest BCUT2D eigenvalue weighted by Crippen LogP contribution is 2.31. The van der Waals surface area contributed by atoms with Crippen LogP contribution in [0.1, 0.15) is 11.1 Å². The lowest BCUT2D eigenvalue weighted by atomic mass is 10.0. The zero-order chi connectivity index (χ0) is 16.2. The second-order valence-electron chi connectivity index (χ2n) is 6.27. The maximum Gasteiger partial charge on any atom is 0.115 e. The minimum atomic E-state index is -0.0928. The van der Waals surface area contributed by atoms with Crippen LogP contribution in [0.5, 0.6) is 0 Å². The first-order valence-electron chi connectivity index (χ1n) is 8.44. The van der Waals surface area contributed by atoms with Crippen LogP contribution in [0.3, 0.4) is 0 Å². The van der Waals surface area contributed by atoms with Crippen LogP contribution in [0.25, 0.3) is 0 Å². The van der Waals surface area contributed by atoms with Crippen LogP contribution < -0.4 is 0 Å². The fraction of sp³-hybridized carbons (Fsp3) is 0.400. The molecular weight excluding hydrogens is 304 g/mol. The van der Waals surface area contributed by atoms with Gasteiger partial charge in [-0.15, -0.1) is 0 Å². The summed E-state index contributed by atoms with van der Waals surface area (Å²) in [7, 11) is 0. The van der Waals surface area contributed by atoms with Gasteiger partial charge in [0.2, 0.25) is 0 Å². The molecule has 126 valence electrons. The maximum absolute atomic E-state index is 6.11. The Morgan fingerprint density at radius 2 is 1.38 bits per heavy atom. The van der Waals surface area contributed by atoms with Crippen LogP contribution in [0.4, 0.5) is 0 Å². The lowest BCUT2D eigenvalue weighted by molar-refractivity contribution is -0.172. The van der Waals surface area contributed by atoms with Crippen molar-refractivity contribution in [3.63, 3.8) is 0 Å². The van der Waals surface area contributed by atoms with Crippen LogP contribution in [-0.2, 0) is 32.2 Å². The van der Waals surface area contributed by atoms with Gasteiger partial charge in [0.05, 0.1) is 26.4 Å². The van der Waals surface area contributed by atoms with Crippen LogP contribution in [0, 0.1) is 0 Å². The first kappa shape index (κ1) is 15.8. The van der Waals surface area contributed by atoms with Crippen LogP contribution in [-0.4, -0.2) is 37.6 Å². The first-order valence-corrected chi connectivity index (χ1v) is 8.44. The number of benzene rings is 2. The fourth-order valence-corrected chi connectivity index (χ4v) is 3.27. The molecule has 0 amide bonds. The lowest BCUT2D eigenvalue weighted by Crippen LogP contribution is -2.50. The van der Waals surface area contributed by atoms with E-state index in [4.69, 9.17) is 18.9 Å². The summed E-state index contributed by atoms with van der Waals surface area (Å²) in [6.07, 6.45) is -0.212. The normalized spacial score (nSPS) is 28.8. The molecule has 0 unspecified atom stereocenters. The zero-order valence-corrected chi connectivity index (χ0v) is 13.5. The summed E-state index contributed by atoms with van der Waals surface area (Å²) in [4.78, 5) is 0. The molecule has 4 heteroatoms. The van der Waals surface area contributed by atoms with Crippen LogP contribution >= 0.6 is 0 Å². The second kappa shape index (κ2) is 7.45. The Labute approximate surface area is 142 Å². The molecule has 0 N–H and O–H groups in total. The second-order valence-corrected chi connectivity index (χ2v) is 6.27. The molecule has 0 spiro atoms. The molecule has 0 aliphatic carbocycles.